The van der Waals surface area contributed by atoms with Crippen LogP contribution in [0.5, 0.6) is 0 Å². The van der Waals surface area contributed by atoms with Gasteiger partial charge in [0.1, 0.15) is 6.04 Å². The van der Waals surface area contributed by atoms with Gasteiger partial charge in [0.05, 0.1) is 5.56 Å². The lowest BCUT2D eigenvalue weighted by atomic mass is 9.90. The predicted octanol–water partition coefficient (Wildman–Crippen LogP) is 3.21. The number of alkyl halides is 3. The van der Waals surface area contributed by atoms with Crippen LogP contribution in [0.15, 0.2) is 18.2 Å². The Bertz CT molecular complexity index is 714. The largest absolute Gasteiger partial charge is 0.416 e. The normalized spacial score (nSPS) is 22.2. The molecule has 1 aliphatic heterocycles. The van der Waals surface area contributed by atoms with Crippen LogP contribution in [0.2, 0.25) is 0 Å². The first-order valence-corrected chi connectivity index (χ1v) is 8.77. The Morgan fingerprint density at radius 2 is 1.96 bits per heavy atom. The molecule has 0 bridgehead atoms. The van der Waals surface area contributed by atoms with E-state index in [1.165, 1.54) is 11.0 Å². The van der Waals surface area contributed by atoms with Crippen molar-refractivity contribution in [2.75, 3.05) is 4.90 Å². The van der Waals surface area contributed by atoms with Crippen LogP contribution in [0.1, 0.15) is 43.7 Å². The molecule has 8 heteroatoms. The van der Waals surface area contributed by atoms with Crippen LogP contribution in [0, 0.1) is 5.92 Å². The molecule has 1 saturated carbocycles. The summed E-state index contributed by atoms with van der Waals surface area (Å²) in [4.78, 5) is 25.6. The lowest BCUT2D eigenvalue weighted by Gasteiger charge is -2.40. The van der Waals surface area contributed by atoms with Crippen LogP contribution in [-0.2, 0) is 17.4 Å². The minimum atomic E-state index is -4.48. The molecule has 0 unspecified atom stereocenters. The highest BCUT2D eigenvalue weighted by Crippen LogP contribution is 2.39. The van der Waals surface area contributed by atoms with Crippen LogP contribution in [0.3, 0.4) is 0 Å². The Hall–Kier alpha value is -2.25. The molecule has 5 nitrogen and oxygen atoms in total. The average molecular weight is 369 g/mol. The number of hydrogen-bond donors (Lipinski definition) is 2. The molecule has 1 aromatic carbocycles. The van der Waals surface area contributed by atoms with Gasteiger partial charge in [0.2, 0.25) is 5.91 Å². The van der Waals surface area contributed by atoms with Gasteiger partial charge in [-0.3, -0.25) is 4.79 Å². The molecule has 1 fully saturated rings. The molecule has 0 spiro atoms. The number of nitrogens with zero attached hydrogens (tertiary/aromatic N) is 1. The summed E-state index contributed by atoms with van der Waals surface area (Å²) in [6.45, 7) is 1.87. The maximum absolute atomic E-state index is 13.2. The Kier molecular flexibility index (Phi) is 4.86. The van der Waals surface area contributed by atoms with E-state index in [-0.39, 0.29) is 24.1 Å². The maximum atomic E-state index is 13.2. The van der Waals surface area contributed by atoms with Crippen molar-refractivity contribution in [3.05, 3.63) is 29.3 Å². The number of carbonyl (C=O) groups excluding carboxylic acids is 2. The highest BCUT2D eigenvalue weighted by molar-refractivity contribution is 6.02. The van der Waals surface area contributed by atoms with Gasteiger partial charge in [0.15, 0.2) is 0 Å². The third-order valence-corrected chi connectivity index (χ3v) is 5.44. The fraction of sp³-hybridized carbons (Fsp3) is 0.556. The summed E-state index contributed by atoms with van der Waals surface area (Å²) in [7, 11) is 0. The summed E-state index contributed by atoms with van der Waals surface area (Å²) in [6, 6.07) is 1.50. The quantitative estimate of drug-likeness (QED) is 0.858. The fourth-order valence-corrected chi connectivity index (χ4v) is 4.09. The smallest absolute Gasteiger partial charge is 0.352 e. The highest BCUT2D eigenvalue weighted by Gasteiger charge is 2.40. The van der Waals surface area contributed by atoms with E-state index in [4.69, 9.17) is 5.73 Å². The second kappa shape index (κ2) is 6.81. The molecule has 0 saturated heterocycles. The number of anilines is 1. The Balaban J connectivity index is 2.03. The Labute approximate surface area is 149 Å². The van der Waals surface area contributed by atoms with E-state index in [1.807, 2.05) is 6.92 Å². The standard InChI is InChI=1S/C18H22F3N3O2/c1-10(11-4-2-3-5-11)24-15-9-13(18(19,20)21)7-6-12(15)8-14(16(24)25)23-17(22)26/h6-7,9-11,14H,2-5,8H2,1H3,(H3,22,23,26)/t10-,14-/m1/s1. The monoisotopic (exact) mass is 369 g/mol. The molecule has 3 N–H and O–H groups in total. The molecule has 3 amide bonds. The van der Waals surface area contributed by atoms with E-state index in [9.17, 15) is 22.8 Å². The van der Waals surface area contributed by atoms with Crippen molar-refractivity contribution in [1.82, 2.24) is 5.32 Å². The summed E-state index contributed by atoms with van der Waals surface area (Å²) >= 11 is 0. The van der Waals surface area contributed by atoms with Gasteiger partial charge in [0.25, 0.3) is 0 Å². The van der Waals surface area contributed by atoms with Gasteiger partial charge in [-0.2, -0.15) is 13.2 Å². The van der Waals surface area contributed by atoms with Crippen molar-refractivity contribution in [2.45, 2.75) is 57.3 Å². The van der Waals surface area contributed by atoms with Crippen LogP contribution in [0.4, 0.5) is 23.7 Å². The van der Waals surface area contributed by atoms with E-state index >= 15 is 0 Å². The fourth-order valence-electron chi connectivity index (χ4n) is 4.09. The van der Waals surface area contributed by atoms with Gasteiger partial charge in [-0.05, 0) is 43.4 Å². The number of fused-ring (bicyclic) bond motifs is 1. The second-order valence-corrected chi connectivity index (χ2v) is 7.10. The maximum Gasteiger partial charge on any atom is 0.416 e. The zero-order valence-electron chi connectivity index (χ0n) is 14.5. The molecule has 142 valence electrons. The van der Waals surface area contributed by atoms with Crippen molar-refractivity contribution < 1.29 is 22.8 Å². The molecule has 1 heterocycles. The van der Waals surface area contributed by atoms with Crippen molar-refractivity contribution >= 4 is 17.6 Å². The summed E-state index contributed by atoms with van der Waals surface area (Å²) in [6.07, 6.45) is -0.378. The van der Waals surface area contributed by atoms with Crippen molar-refractivity contribution in [3.63, 3.8) is 0 Å². The molecular formula is C18H22F3N3O2. The summed E-state index contributed by atoms with van der Waals surface area (Å²) in [5, 5.41) is 2.42. The minimum absolute atomic E-state index is 0.128. The number of hydrogen-bond acceptors (Lipinski definition) is 2. The zero-order valence-corrected chi connectivity index (χ0v) is 14.5. The molecule has 1 aromatic rings. The van der Waals surface area contributed by atoms with Crippen molar-refractivity contribution in [1.29, 1.82) is 0 Å². The predicted molar refractivity (Wildman–Crippen MR) is 90.6 cm³/mol. The van der Waals surface area contributed by atoms with E-state index < -0.39 is 29.7 Å². The number of nitrogens with one attached hydrogen (secondary N) is 1. The number of nitrogens with two attached hydrogens (primary N) is 1. The third-order valence-electron chi connectivity index (χ3n) is 5.44. The van der Waals surface area contributed by atoms with Gasteiger partial charge in [-0.15, -0.1) is 0 Å². The minimum Gasteiger partial charge on any atom is -0.352 e. The summed E-state index contributed by atoms with van der Waals surface area (Å²) in [5.41, 5.74) is 5.26. The van der Waals surface area contributed by atoms with E-state index in [0.29, 0.717) is 5.56 Å². The molecule has 3 rings (SSSR count). The number of benzene rings is 1. The number of urea groups is 1. The summed E-state index contributed by atoms with van der Waals surface area (Å²) < 4.78 is 39.5. The number of amides is 3. The van der Waals surface area contributed by atoms with E-state index in [1.54, 1.807) is 0 Å². The van der Waals surface area contributed by atoms with Gasteiger partial charge in [-0.25, -0.2) is 4.79 Å². The lowest BCUT2D eigenvalue weighted by molar-refractivity contribution is -0.137. The first-order chi connectivity index (χ1) is 12.2. The Morgan fingerprint density at radius 3 is 2.54 bits per heavy atom. The first kappa shape index (κ1) is 18.5. The van der Waals surface area contributed by atoms with Gasteiger partial charge >= 0.3 is 12.2 Å². The molecule has 0 aromatic heterocycles. The van der Waals surface area contributed by atoms with Gasteiger partial charge < -0.3 is 16.0 Å². The van der Waals surface area contributed by atoms with Crippen LogP contribution < -0.4 is 16.0 Å². The summed E-state index contributed by atoms with van der Waals surface area (Å²) in [5.74, 6) is -0.177. The highest BCUT2D eigenvalue weighted by atomic mass is 19.4. The van der Waals surface area contributed by atoms with Crippen LogP contribution >= 0.6 is 0 Å². The molecule has 0 radical (unpaired) electrons. The van der Waals surface area contributed by atoms with Crippen molar-refractivity contribution in [2.24, 2.45) is 11.7 Å². The van der Waals surface area contributed by atoms with E-state index in [0.717, 1.165) is 37.8 Å². The lowest BCUT2D eigenvalue weighted by Crippen LogP contribution is -2.57. The number of carbonyl (C=O) groups is 2. The first-order valence-electron chi connectivity index (χ1n) is 8.77. The van der Waals surface area contributed by atoms with Crippen LogP contribution in [0.25, 0.3) is 0 Å². The SMILES string of the molecule is C[C@H](C1CCCC1)N1C(=O)[C@H](NC(N)=O)Cc2ccc(C(F)(F)F)cc21. The number of primary amides is 1. The molecular weight excluding hydrogens is 347 g/mol. The zero-order chi connectivity index (χ0) is 19.1. The van der Waals surface area contributed by atoms with E-state index in [2.05, 4.69) is 5.32 Å². The van der Waals surface area contributed by atoms with Gasteiger partial charge in [-0.1, -0.05) is 18.9 Å². The number of halogens is 3. The van der Waals surface area contributed by atoms with Crippen LogP contribution in [-0.4, -0.2) is 24.0 Å². The molecule has 2 atom stereocenters. The molecule has 2 aliphatic rings. The second-order valence-electron chi connectivity index (χ2n) is 7.10. The number of rotatable bonds is 3. The average Bonchev–Trinajstić information content (AvgIpc) is 3.08. The third kappa shape index (κ3) is 3.50. The van der Waals surface area contributed by atoms with Gasteiger partial charge in [0, 0.05) is 18.2 Å². The Morgan fingerprint density at radius 1 is 1.31 bits per heavy atom. The van der Waals surface area contributed by atoms with Crippen molar-refractivity contribution in [3.8, 4) is 0 Å². The molecule has 1 aliphatic carbocycles. The topological polar surface area (TPSA) is 75.4 Å². The molecule has 26 heavy (non-hydrogen) atoms.